The third kappa shape index (κ3) is 3.09. The van der Waals surface area contributed by atoms with E-state index in [9.17, 15) is 14.7 Å². The molecule has 150 valence electrons. The summed E-state index contributed by atoms with van der Waals surface area (Å²) in [6.45, 7) is 0.172. The zero-order valence-electron chi connectivity index (χ0n) is 14.8. The largest absolute Gasteiger partial charge is 0.476 e. The van der Waals surface area contributed by atoms with Crippen LogP contribution in [0.3, 0.4) is 0 Å². The average molecular weight is 444 g/mol. The van der Waals surface area contributed by atoms with Crippen molar-refractivity contribution in [3.8, 4) is 22.0 Å². The van der Waals surface area contributed by atoms with Crippen molar-refractivity contribution >= 4 is 39.8 Å². The second-order valence-electron chi connectivity index (χ2n) is 6.24. The number of hydrogen-bond donors (Lipinski definition) is 2. The van der Waals surface area contributed by atoms with Crippen LogP contribution in [0.5, 0.6) is 0 Å². The molecule has 30 heavy (non-hydrogen) atoms. The Morgan fingerprint density at radius 1 is 1.23 bits per heavy atom. The summed E-state index contributed by atoms with van der Waals surface area (Å²) in [6, 6.07) is 10.4. The van der Waals surface area contributed by atoms with Crippen molar-refractivity contribution < 1.29 is 18.9 Å². The van der Waals surface area contributed by atoms with Gasteiger partial charge in [0.2, 0.25) is 0 Å². The summed E-state index contributed by atoms with van der Waals surface area (Å²) in [6.07, 6.45) is 0. The summed E-state index contributed by atoms with van der Waals surface area (Å²) in [5.41, 5.74) is 1.28. The molecule has 0 bridgehead atoms. The van der Waals surface area contributed by atoms with E-state index in [1.807, 2.05) is 6.07 Å². The van der Waals surface area contributed by atoms with Crippen LogP contribution in [-0.2, 0) is 6.54 Å². The fraction of sp³-hybridized carbons (Fsp3) is 0.0556. The molecule has 0 aliphatic heterocycles. The Kier molecular flexibility index (Phi) is 4.26. The molecule has 0 atom stereocenters. The SMILES string of the molecule is O=C(O)c1nn(Cc2cc(-c3ccc(Cl)s3)on2)c2cccc(-c3noc(=O)[nH]3)c12. The third-order valence-electron chi connectivity index (χ3n) is 4.36. The van der Waals surface area contributed by atoms with Gasteiger partial charge in [-0.3, -0.25) is 14.2 Å². The van der Waals surface area contributed by atoms with E-state index in [0.717, 1.165) is 4.88 Å². The van der Waals surface area contributed by atoms with Gasteiger partial charge in [0.05, 0.1) is 21.3 Å². The molecule has 1 aromatic carbocycles. The van der Waals surface area contributed by atoms with Crippen LogP contribution in [0, 0.1) is 0 Å². The maximum Gasteiger partial charge on any atom is 0.439 e. The van der Waals surface area contributed by atoms with Crippen LogP contribution in [0.2, 0.25) is 4.34 Å². The first-order chi connectivity index (χ1) is 14.5. The number of rotatable bonds is 5. The highest BCUT2D eigenvalue weighted by molar-refractivity contribution is 7.19. The zero-order valence-corrected chi connectivity index (χ0v) is 16.4. The molecule has 10 nitrogen and oxygen atoms in total. The smallest absolute Gasteiger partial charge is 0.439 e. The standard InChI is InChI=1S/C18H10ClN5O5S/c19-13-5-4-12(30-13)11-6-8(22-28-11)7-24-10-3-1-2-9(16-20-18(27)29-23-16)14(10)15(21-24)17(25)26/h1-6H,7H2,(H,25,26)(H,20,23,27). The number of carboxylic acids is 1. The number of hydrogen-bond acceptors (Lipinski definition) is 8. The van der Waals surface area contributed by atoms with E-state index in [1.54, 1.807) is 30.3 Å². The summed E-state index contributed by atoms with van der Waals surface area (Å²) >= 11 is 7.32. The van der Waals surface area contributed by atoms with E-state index in [-0.39, 0.29) is 18.1 Å². The molecule has 0 aliphatic carbocycles. The lowest BCUT2D eigenvalue weighted by Gasteiger charge is -2.02. The lowest BCUT2D eigenvalue weighted by atomic mass is 10.1. The molecule has 4 aromatic heterocycles. The minimum atomic E-state index is -1.22. The molecular weight excluding hydrogens is 434 g/mol. The Labute approximate surface area is 175 Å². The number of thiophene rings is 1. The van der Waals surface area contributed by atoms with Crippen molar-refractivity contribution in [2.24, 2.45) is 0 Å². The van der Waals surface area contributed by atoms with Crippen LogP contribution in [0.4, 0.5) is 0 Å². The lowest BCUT2D eigenvalue weighted by molar-refractivity contribution is 0.0691. The van der Waals surface area contributed by atoms with Gasteiger partial charge < -0.3 is 9.63 Å². The van der Waals surface area contributed by atoms with Gasteiger partial charge in [0.25, 0.3) is 0 Å². The van der Waals surface area contributed by atoms with E-state index in [0.29, 0.717) is 32.3 Å². The van der Waals surface area contributed by atoms with Crippen molar-refractivity contribution in [2.75, 3.05) is 0 Å². The molecule has 2 N–H and O–H groups in total. The number of nitrogens with zero attached hydrogens (tertiary/aromatic N) is 4. The van der Waals surface area contributed by atoms with Gasteiger partial charge in [-0.1, -0.05) is 34.0 Å². The fourth-order valence-corrected chi connectivity index (χ4v) is 4.14. The van der Waals surface area contributed by atoms with E-state index < -0.39 is 11.7 Å². The van der Waals surface area contributed by atoms with Gasteiger partial charge >= 0.3 is 11.7 Å². The molecule has 0 spiro atoms. The second-order valence-corrected chi connectivity index (χ2v) is 7.96. The molecule has 0 aliphatic rings. The summed E-state index contributed by atoms with van der Waals surface area (Å²) in [7, 11) is 0. The number of H-pyrrole nitrogens is 1. The molecule has 0 radical (unpaired) electrons. The highest BCUT2D eigenvalue weighted by Gasteiger charge is 2.22. The minimum absolute atomic E-state index is 0.117. The van der Waals surface area contributed by atoms with Gasteiger partial charge in [-0.05, 0) is 18.2 Å². The zero-order chi connectivity index (χ0) is 20.8. The van der Waals surface area contributed by atoms with Gasteiger partial charge in [0, 0.05) is 17.0 Å². The molecule has 12 heteroatoms. The second kappa shape index (κ2) is 6.97. The normalized spacial score (nSPS) is 11.4. The Balaban J connectivity index is 1.59. The van der Waals surface area contributed by atoms with Crippen molar-refractivity contribution in [1.82, 2.24) is 25.1 Å². The average Bonchev–Trinajstić information content (AvgIpc) is 3.49. The van der Waals surface area contributed by atoms with Gasteiger partial charge in [-0.2, -0.15) is 5.10 Å². The fourth-order valence-electron chi connectivity index (χ4n) is 3.14. The number of aromatic carboxylic acids is 1. The van der Waals surface area contributed by atoms with Crippen LogP contribution in [0.25, 0.3) is 32.9 Å². The number of aromatic amines is 1. The van der Waals surface area contributed by atoms with Crippen LogP contribution < -0.4 is 5.76 Å². The first-order valence-corrected chi connectivity index (χ1v) is 9.69. The molecule has 0 unspecified atom stereocenters. The quantitative estimate of drug-likeness (QED) is 0.420. The monoisotopic (exact) mass is 443 g/mol. The molecule has 4 heterocycles. The van der Waals surface area contributed by atoms with Crippen LogP contribution in [0.1, 0.15) is 16.2 Å². The number of benzene rings is 1. The summed E-state index contributed by atoms with van der Waals surface area (Å²) in [5, 5.41) is 21.9. The predicted molar refractivity (Wildman–Crippen MR) is 107 cm³/mol. The van der Waals surface area contributed by atoms with Crippen LogP contribution in [-0.4, -0.2) is 36.2 Å². The predicted octanol–water partition coefficient (Wildman–Crippen LogP) is 3.50. The summed E-state index contributed by atoms with van der Waals surface area (Å²) in [5.74, 6) is -1.29. The highest BCUT2D eigenvalue weighted by Crippen LogP contribution is 2.32. The Morgan fingerprint density at radius 2 is 2.10 bits per heavy atom. The Morgan fingerprint density at radius 3 is 2.80 bits per heavy atom. The molecule has 5 aromatic rings. The highest BCUT2D eigenvalue weighted by atomic mass is 35.5. The van der Waals surface area contributed by atoms with Gasteiger partial charge in [0.1, 0.15) is 5.69 Å². The van der Waals surface area contributed by atoms with Crippen molar-refractivity contribution in [3.63, 3.8) is 0 Å². The molecule has 0 amide bonds. The maximum atomic E-state index is 11.8. The Hall–Kier alpha value is -3.70. The van der Waals surface area contributed by atoms with E-state index in [4.69, 9.17) is 16.1 Å². The number of carbonyl (C=O) groups is 1. The molecular formula is C18H10ClN5O5S. The van der Waals surface area contributed by atoms with Crippen molar-refractivity contribution in [1.29, 1.82) is 0 Å². The van der Waals surface area contributed by atoms with Gasteiger partial charge in [-0.25, -0.2) is 9.59 Å². The van der Waals surface area contributed by atoms with Crippen molar-refractivity contribution in [3.05, 3.63) is 62.7 Å². The minimum Gasteiger partial charge on any atom is -0.476 e. The number of nitrogens with one attached hydrogen (secondary N) is 1. The number of fused-ring (bicyclic) bond motifs is 1. The lowest BCUT2D eigenvalue weighted by Crippen LogP contribution is -2.04. The molecule has 0 saturated carbocycles. The Bertz CT molecular complexity index is 1460. The number of halogens is 1. The van der Waals surface area contributed by atoms with Crippen LogP contribution in [0.15, 0.2) is 50.2 Å². The first kappa shape index (κ1) is 18.3. The van der Waals surface area contributed by atoms with Gasteiger partial charge in [-0.15, -0.1) is 11.3 Å². The molecule has 0 fully saturated rings. The molecule has 5 rings (SSSR count). The number of aromatic nitrogens is 5. The summed E-state index contributed by atoms with van der Waals surface area (Å²) < 4.78 is 12.1. The van der Waals surface area contributed by atoms with Gasteiger partial charge in [0.15, 0.2) is 17.3 Å². The van der Waals surface area contributed by atoms with E-state index in [2.05, 4.69) is 24.9 Å². The maximum absolute atomic E-state index is 11.8. The number of carboxylic acid groups (broad SMARTS) is 1. The van der Waals surface area contributed by atoms with E-state index in [1.165, 1.54) is 16.0 Å². The topological polar surface area (TPSA) is 140 Å². The van der Waals surface area contributed by atoms with Crippen LogP contribution >= 0.6 is 22.9 Å². The summed E-state index contributed by atoms with van der Waals surface area (Å²) in [4.78, 5) is 26.4. The first-order valence-electron chi connectivity index (χ1n) is 8.50. The van der Waals surface area contributed by atoms with E-state index >= 15 is 0 Å². The van der Waals surface area contributed by atoms with Crippen molar-refractivity contribution in [2.45, 2.75) is 6.54 Å². The molecule has 0 saturated heterocycles. The third-order valence-corrected chi connectivity index (χ3v) is 5.61.